The highest BCUT2D eigenvalue weighted by Gasteiger charge is 2.11. The third-order valence-electron chi connectivity index (χ3n) is 3.04. The van der Waals surface area contributed by atoms with E-state index in [0.717, 1.165) is 18.7 Å². The monoisotopic (exact) mass is 236 g/mol. The number of nitrogens with one attached hydrogen (secondary N) is 2. The van der Waals surface area contributed by atoms with Crippen molar-refractivity contribution in [3.63, 3.8) is 0 Å². The minimum absolute atomic E-state index is 0.366. The number of nitrogens with zero attached hydrogens (tertiary/aromatic N) is 2. The average molecular weight is 236 g/mol. The Morgan fingerprint density at radius 2 is 2.06 bits per heavy atom. The SMILES string of the molecule is CCC(C)Cc1nc2c([nH]1)c(=O)[nH]c(=O)n2C. The lowest BCUT2D eigenvalue weighted by molar-refractivity contribution is 0.547. The minimum atomic E-state index is -0.441. The van der Waals surface area contributed by atoms with Crippen LogP contribution in [0.4, 0.5) is 0 Å². The second-order valence-corrected chi connectivity index (χ2v) is 4.42. The summed E-state index contributed by atoms with van der Waals surface area (Å²) >= 11 is 0. The normalized spacial score (nSPS) is 13.1. The minimum Gasteiger partial charge on any atom is -0.336 e. The number of hydrogen-bond donors (Lipinski definition) is 2. The quantitative estimate of drug-likeness (QED) is 0.815. The fraction of sp³-hybridized carbons (Fsp3) is 0.545. The van der Waals surface area contributed by atoms with Gasteiger partial charge in [0.1, 0.15) is 11.3 Å². The highest BCUT2D eigenvalue weighted by molar-refractivity contribution is 5.69. The largest absolute Gasteiger partial charge is 0.336 e. The fourth-order valence-electron chi connectivity index (χ4n) is 1.72. The molecule has 0 aliphatic carbocycles. The highest BCUT2D eigenvalue weighted by atomic mass is 16.2. The van der Waals surface area contributed by atoms with Gasteiger partial charge in [0.25, 0.3) is 5.56 Å². The molecule has 1 unspecified atom stereocenters. The van der Waals surface area contributed by atoms with Crippen molar-refractivity contribution in [3.8, 4) is 0 Å². The molecular formula is C11H16N4O2. The molecule has 92 valence electrons. The summed E-state index contributed by atoms with van der Waals surface area (Å²) < 4.78 is 1.34. The summed E-state index contributed by atoms with van der Waals surface area (Å²) in [4.78, 5) is 32.5. The van der Waals surface area contributed by atoms with Crippen LogP contribution in [-0.2, 0) is 13.5 Å². The number of hydrogen-bond acceptors (Lipinski definition) is 3. The van der Waals surface area contributed by atoms with Gasteiger partial charge in [0, 0.05) is 13.5 Å². The third kappa shape index (κ3) is 2.02. The molecule has 2 rings (SSSR count). The summed E-state index contributed by atoms with van der Waals surface area (Å²) in [6, 6.07) is 0. The van der Waals surface area contributed by atoms with Gasteiger partial charge in [-0.2, -0.15) is 0 Å². The van der Waals surface area contributed by atoms with Gasteiger partial charge in [-0.1, -0.05) is 20.3 Å². The molecule has 0 saturated heterocycles. The van der Waals surface area contributed by atoms with Crippen LogP contribution >= 0.6 is 0 Å². The topological polar surface area (TPSA) is 83.5 Å². The molecule has 1 atom stereocenters. The zero-order chi connectivity index (χ0) is 12.6. The van der Waals surface area contributed by atoms with E-state index in [-0.39, 0.29) is 0 Å². The van der Waals surface area contributed by atoms with Gasteiger partial charge in [-0.3, -0.25) is 14.3 Å². The van der Waals surface area contributed by atoms with E-state index in [4.69, 9.17) is 0 Å². The first-order chi connectivity index (χ1) is 8.02. The predicted molar refractivity (Wildman–Crippen MR) is 65.1 cm³/mol. The Morgan fingerprint density at radius 1 is 1.35 bits per heavy atom. The van der Waals surface area contributed by atoms with Gasteiger partial charge in [0.05, 0.1) is 0 Å². The molecule has 0 aromatic carbocycles. The summed E-state index contributed by atoms with van der Waals surface area (Å²) in [7, 11) is 1.59. The van der Waals surface area contributed by atoms with Crippen LogP contribution in [0, 0.1) is 5.92 Å². The van der Waals surface area contributed by atoms with E-state index in [1.807, 2.05) is 0 Å². The van der Waals surface area contributed by atoms with Crippen LogP contribution in [0.15, 0.2) is 9.59 Å². The van der Waals surface area contributed by atoms with Crippen molar-refractivity contribution < 1.29 is 0 Å². The van der Waals surface area contributed by atoms with Gasteiger partial charge in [-0.25, -0.2) is 9.78 Å². The van der Waals surface area contributed by atoms with Crippen LogP contribution in [0.3, 0.4) is 0 Å². The number of rotatable bonds is 3. The molecular weight excluding hydrogens is 220 g/mol. The van der Waals surface area contributed by atoms with Crippen LogP contribution in [0.5, 0.6) is 0 Å². The number of aryl methyl sites for hydroxylation is 1. The fourth-order valence-corrected chi connectivity index (χ4v) is 1.72. The molecule has 0 aliphatic heterocycles. The molecule has 0 saturated carbocycles. The van der Waals surface area contributed by atoms with Gasteiger partial charge < -0.3 is 4.98 Å². The molecule has 0 bridgehead atoms. The van der Waals surface area contributed by atoms with E-state index in [0.29, 0.717) is 17.1 Å². The summed E-state index contributed by atoms with van der Waals surface area (Å²) in [5, 5.41) is 0. The van der Waals surface area contributed by atoms with E-state index < -0.39 is 11.2 Å². The Bertz CT molecular complexity index is 650. The molecule has 0 spiro atoms. The standard InChI is InChI=1S/C11H16N4O2/c1-4-6(2)5-7-12-8-9(13-7)15(3)11(17)14-10(8)16/h6H,4-5H2,1-3H3,(H,12,13)(H,14,16,17). The molecule has 17 heavy (non-hydrogen) atoms. The molecule has 0 fully saturated rings. The lowest BCUT2D eigenvalue weighted by Crippen LogP contribution is -2.28. The Balaban J connectivity index is 2.58. The zero-order valence-electron chi connectivity index (χ0n) is 10.2. The van der Waals surface area contributed by atoms with E-state index in [1.165, 1.54) is 4.57 Å². The second kappa shape index (κ2) is 4.20. The van der Waals surface area contributed by atoms with Crippen molar-refractivity contribution in [2.24, 2.45) is 13.0 Å². The molecule has 6 nitrogen and oxygen atoms in total. The van der Waals surface area contributed by atoms with Crippen molar-refractivity contribution in [1.82, 2.24) is 19.5 Å². The number of fused-ring (bicyclic) bond motifs is 1. The van der Waals surface area contributed by atoms with E-state index in [2.05, 4.69) is 28.8 Å². The van der Waals surface area contributed by atoms with Crippen LogP contribution in [0.2, 0.25) is 0 Å². The second-order valence-electron chi connectivity index (χ2n) is 4.42. The van der Waals surface area contributed by atoms with Gasteiger partial charge in [-0.15, -0.1) is 0 Å². The first-order valence-electron chi connectivity index (χ1n) is 5.70. The van der Waals surface area contributed by atoms with Crippen LogP contribution in [-0.4, -0.2) is 19.5 Å². The third-order valence-corrected chi connectivity index (χ3v) is 3.04. The lowest BCUT2D eigenvalue weighted by atomic mass is 10.1. The first-order valence-corrected chi connectivity index (χ1v) is 5.70. The van der Waals surface area contributed by atoms with Gasteiger partial charge in [0.15, 0.2) is 5.65 Å². The Labute approximate surface area is 97.7 Å². The maximum atomic E-state index is 11.6. The zero-order valence-corrected chi connectivity index (χ0v) is 10.2. The summed E-state index contributed by atoms with van der Waals surface area (Å²) in [5.74, 6) is 1.24. The molecule has 2 aromatic heterocycles. The molecule has 2 heterocycles. The number of aromatic nitrogens is 4. The van der Waals surface area contributed by atoms with E-state index in [1.54, 1.807) is 7.05 Å². The molecule has 2 N–H and O–H groups in total. The molecule has 0 amide bonds. The Hall–Kier alpha value is -1.85. The summed E-state index contributed by atoms with van der Waals surface area (Å²) in [6.07, 6.45) is 1.82. The Kier molecular flexibility index (Phi) is 2.87. The van der Waals surface area contributed by atoms with Crippen LogP contribution in [0.1, 0.15) is 26.1 Å². The highest BCUT2D eigenvalue weighted by Crippen LogP contribution is 2.11. The van der Waals surface area contributed by atoms with Gasteiger partial charge in [0.2, 0.25) is 0 Å². The summed E-state index contributed by atoms with van der Waals surface area (Å²) in [6.45, 7) is 4.23. The lowest BCUT2D eigenvalue weighted by Gasteiger charge is -2.03. The number of H-pyrrole nitrogens is 2. The summed E-state index contributed by atoms with van der Waals surface area (Å²) in [5.41, 5.74) is -0.0717. The molecule has 6 heteroatoms. The molecule has 0 radical (unpaired) electrons. The molecule has 0 aliphatic rings. The van der Waals surface area contributed by atoms with Crippen molar-refractivity contribution in [2.75, 3.05) is 0 Å². The van der Waals surface area contributed by atoms with Gasteiger partial charge >= 0.3 is 5.69 Å². The number of imidazole rings is 1. The van der Waals surface area contributed by atoms with E-state index in [9.17, 15) is 9.59 Å². The van der Waals surface area contributed by atoms with Crippen molar-refractivity contribution >= 4 is 11.2 Å². The average Bonchev–Trinajstić information content (AvgIpc) is 2.70. The van der Waals surface area contributed by atoms with Crippen molar-refractivity contribution in [2.45, 2.75) is 26.7 Å². The maximum Gasteiger partial charge on any atom is 0.329 e. The van der Waals surface area contributed by atoms with Crippen molar-refractivity contribution in [1.29, 1.82) is 0 Å². The van der Waals surface area contributed by atoms with Crippen LogP contribution < -0.4 is 11.2 Å². The number of aromatic amines is 2. The van der Waals surface area contributed by atoms with Gasteiger partial charge in [-0.05, 0) is 5.92 Å². The Morgan fingerprint density at radius 3 is 2.71 bits per heavy atom. The predicted octanol–water partition coefficient (Wildman–Crippen LogP) is 0.538. The maximum absolute atomic E-state index is 11.6. The smallest absolute Gasteiger partial charge is 0.329 e. The van der Waals surface area contributed by atoms with Crippen molar-refractivity contribution in [3.05, 3.63) is 26.7 Å². The van der Waals surface area contributed by atoms with E-state index >= 15 is 0 Å². The van der Waals surface area contributed by atoms with Crippen LogP contribution in [0.25, 0.3) is 11.2 Å². The first kappa shape index (κ1) is 11.6. The molecule has 2 aromatic rings.